The summed E-state index contributed by atoms with van der Waals surface area (Å²) in [5.41, 5.74) is 0.670. The minimum absolute atomic E-state index is 0. The Hall–Kier alpha value is -1.68. The third-order valence-electron chi connectivity index (χ3n) is 2.91. The normalized spacial score (nSPS) is 10.6. The van der Waals surface area contributed by atoms with E-state index < -0.39 is 0 Å². The fourth-order valence-corrected chi connectivity index (χ4v) is 2.60. The summed E-state index contributed by atoms with van der Waals surface area (Å²) >= 11 is 1.74. The molecule has 0 spiro atoms. The molecule has 130 valence electrons. The van der Waals surface area contributed by atoms with Crippen molar-refractivity contribution in [2.24, 2.45) is 4.99 Å². The summed E-state index contributed by atoms with van der Waals surface area (Å²) in [6.07, 6.45) is 4.20. The van der Waals surface area contributed by atoms with Crippen molar-refractivity contribution in [1.82, 2.24) is 15.6 Å². The molecule has 0 aliphatic rings. The van der Waals surface area contributed by atoms with Gasteiger partial charge in [-0.05, 0) is 36.9 Å². The van der Waals surface area contributed by atoms with E-state index in [0.29, 0.717) is 11.6 Å². The standard InChI is InChI=1S/C16H21N5OS.HI/c1-2-18-16(19-9-7-14-6-4-10-23-14)20-12-15(22)21-13-5-3-8-17-11-13;/h3-6,8,10-11H,2,7,9,12H2,1H3,(H,21,22)(H2,18,19,20);1H. The van der Waals surface area contributed by atoms with Gasteiger partial charge in [-0.1, -0.05) is 6.07 Å². The summed E-state index contributed by atoms with van der Waals surface area (Å²) in [7, 11) is 0. The molecule has 2 aromatic heterocycles. The molecule has 0 fully saturated rings. The van der Waals surface area contributed by atoms with E-state index in [2.05, 4.69) is 37.4 Å². The highest BCUT2D eigenvalue weighted by Gasteiger charge is 2.03. The first-order chi connectivity index (χ1) is 11.3. The number of carbonyl (C=O) groups excluding carboxylic acids is 1. The van der Waals surface area contributed by atoms with Gasteiger partial charge in [0, 0.05) is 24.2 Å². The van der Waals surface area contributed by atoms with Crippen LogP contribution in [-0.2, 0) is 11.2 Å². The maximum absolute atomic E-state index is 11.9. The van der Waals surface area contributed by atoms with Gasteiger partial charge in [0.2, 0.25) is 5.91 Å². The van der Waals surface area contributed by atoms with E-state index in [0.717, 1.165) is 19.5 Å². The number of amides is 1. The van der Waals surface area contributed by atoms with Crippen LogP contribution in [0.4, 0.5) is 5.69 Å². The number of nitrogens with one attached hydrogen (secondary N) is 3. The second-order valence-electron chi connectivity index (χ2n) is 4.74. The molecule has 3 N–H and O–H groups in total. The second-order valence-corrected chi connectivity index (χ2v) is 5.77. The van der Waals surface area contributed by atoms with E-state index in [1.54, 1.807) is 35.9 Å². The number of hydrogen-bond acceptors (Lipinski definition) is 4. The van der Waals surface area contributed by atoms with Crippen molar-refractivity contribution in [3.63, 3.8) is 0 Å². The molecule has 0 atom stereocenters. The van der Waals surface area contributed by atoms with E-state index >= 15 is 0 Å². The molecule has 2 aromatic rings. The maximum atomic E-state index is 11.9. The van der Waals surface area contributed by atoms with Crippen molar-refractivity contribution < 1.29 is 4.79 Å². The number of carbonyl (C=O) groups is 1. The molecule has 0 saturated heterocycles. The summed E-state index contributed by atoms with van der Waals surface area (Å²) in [5.74, 6) is 0.471. The second kappa shape index (κ2) is 11.8. The smallest absolute Gasteiger partial charge is 0.246 e. The number of anilines is 1. The van der Waals surface area contributed by atoms with Gasteiger partial charge in [-0.2, -0.15) is 0 Å². The maximum Gasteiger partial charge on any atom is 0.246 e. The van der Waals surface area contributed by atoms with Crippen molar-refractivity contribution in [2.75, 3.05) is 25.0 Å². The van der Waals surface area contributed by atoms with Crippen LogP contribution >= 0.6 is 35.3 Å². The van der Waals surface area contributed by atoms with E-state index in [1.807, 2.05) is 13.0 Å². The summed E-state index contributed by atoms with van der Waals surface area (Å²) < 4.78 is 0. The molecule has 0 saturated carbocycles. The number of thiophene rings is 1. The third-order valence-corrected chi connectivity index (χ3v) is 3.85. The number of rotatable bonds is 7. The lowest BCUT2D eigenvalue weighted by molar-refractivity contribution is -0.114. The van der Waals surface area contributed by atoms with Crippen LogP contribution in [0.25, 0.3) is 0 Å². The van der Waals surface area contributed by atoms with Crippen LogP contribution in [0.15, 0.2) is 47.0 Å². The highest BCUT2D eigenvalue weighted by Crippen LogP contribution is 2.08. The predicted octanol–water partition coefficient (Wildman–Crippen LogP) is 2.50. The third kappa shape index (κ3) is 7.73. The highest BCUT2D eigenvalue weighted by molar-refractivity contribution is 14.0. The Labute approximate surface area is 163 Å². The van der Waals surface area contributed by atoms with Crippen LogP contribution in [0.2, 0.25) is 0 Å². The molecule has 0 radical (unpaired) electrons. The largest absolute Gasteiger partial charge is 0.357 e. The molecule has 0 bridgehead atoms. The van der Waals surface area contributed by atoms with E-state index in [9.17, 15) is 4.79 Å². The number of guanidine groups is 1. The van der Waals surface area contributed by atoms with E-state index in [4.69, 9.17) is 0 Å². The Bertz CT molecular complexity index is 619. The van der Waals surface area contributed by atoms with Crippen molar-refractivity contribution in [2.45, 2.75) is 13.3 Å². The number of pyridine rings is 1. The molecule has 0 aromatic carbocycles. The Morgan fingerprint density at radius 2 is 2.17 bits per heavy atom. The molecule has 1 amide bonds. The van der Waals surface area contributed by atoms with Gasteiger partial charge >= 0.3 is 0 Å². The first-order valence-electron chi connectivity index (χ1n) is 7.52. The van der Waals surface area contributed by atoms with Crippen molar-refractivity contribution in [3.8, 4) is 0 Å². The summed E-state index contributed by atoms with van der Waals surface area (Å²) in [6, 6.07) is 7.72. The van der Waals surface area contributed by atoms with E-state index in [-0.39, 0.29) is 36.4 Å². The monoisotopic (exact) mass is 459 g/mol. The van der Waals surface area contributed by atoms with Crippen LogP contribution in [0.1, 0.15) is 11.8 Å². The van der Waals surface area contributed by atoms with E-state index in [1.165, 1.54) is 4.88 Å². The Morgan fingerprint density at radius 1 is 1.29 bits per heavy atom. The fraction of sp³-hybridized carbons (Fsp3) is 0.312. The fourth-order valence-electron chi connectivity index (χ4n) is 1.89. The quantitative estimate of drug-likeness (QED) is 0.338. The van der Waals surface area contributed by atoms with Gasteiger partial charge in [-0.25, -0.2) is 4.99 Å². The molecule has 0 aliphatic carbocycles. The SMILES string of the molecule is CCNC(=NCC(=O)Nc1cccnc1)NCCc1cccs1.I. The predicted molar refractivity (Wildman–Crippen MR) is 110 cm³/mol. The van der Waals surface area contributed by atoms with Crippen LogP contribution in [-0.4, -0.2) is 36.5 Å². The van der Waals surface area contributed by atoms with Gasteiger partial charge in [0.25, 0.3) is 0 Å². The number of hydrogen-bond donors (Lipinski definition) is 3. The molecule has 2 heterocycles. The summed E-state index contributed by atoms with van der Waals surface area (Å²) in [6.45, 7) is 3.57. The van der Waals surface area contributed by atoms with Gasteiger partial charge in [0.05, 0.1) is 11.9 Å². The number of nitrogens with zero attached hydrogens (tertiary/aromatic N) is 2. The lowest BCUT2D eigenvalue weighted by atomic mass is 10.3. The summed E-state index contributed by atoms with van der Waals surface area (Å²) in [5, 5.41) is 11.2. The average Bonchev–Trinajstić information content (AvgIpc) is 3.07. The minimum atomic E-state index is -0.173. The molecular formula is C16H22IN5OS. The van der Waals surface area contributed by atoms with Gasteiger partial charge in [-0.3, -0.25) is 9.78 Å². The lowest BCUT2D eigenvalue weighted by Crippen LogP contribution is -2.39. The average molecular weight is 459 g/mol. The zero-order chi connectivity index (χ0) is 16.3. The first kappa shape index (κ1) is 20.4. The molecule has 2 rings (SSSR count). The molecular weight excluding hydrogens is 437 g/mol. The van der Waals surface area contributed by atoms with Crippen LogP contribution in [0.5, 0.6) is 0 Å². The minimum Gasteiger partial charge on any atom is -0.357 e. The highest BCUT2D eigenvalue weighted by atomic mass is 127. The molecule has 0 unspecified atom stereocenters. The zero-order valence-corrected chi connectivity index (χ0v) is 16.6. The topological polar surface area (TPSA) is 78.4 Å². The van der Waals surface area contributed by atoms with Gasteiger partial charge < -0.3 is 16.0 Å². The Balaban J connectivity index is 0.00000288. The number of halogens is 1. The van der Waals surface area contributed by atoms with Gasteiger partial charge in [0.1, 0.15) is 6.54 Å². The van der Waals surface area contributed by atoms with Crippen LogP contribution < -0.4 is 16.0 Å². The molecule has 6 nitrogen and oxygen atoms in total. The van der Waals surface area contributed by atoms with Crippen molar-refractivity contribution in [3.05, 3.63) is 46.9 Å². The zero-order valence-electron chi connectivity index (χ0n) is 13.5. The number of aliphatic imine (C=N–C) groups is 1. The molecule has 8 heteroatoms. The summed E-state index contributed by atoms with van der Waals surface area (Å²) in [4.78, 5) is 21.5. The molecule has 24 heavy (non-hydrogen) atoms. The number of aromatic nitrogens is 1. The van der Waals surface area contributed by atoms with Gasteiger partial charge in [-0.15, -0.1) is 35.3 Å². The Kier molecular flexibility index (Phi) is 10.0. The first-order valence-corrected chi connectivity index (χ1v) is 8.40. The van der Waals surface area contributed by atoms with Gasteiger partial charge in [0.15, 0.2) is 5.96 Å². The van der Waals surface area contributed by atoms with Crippen molar-refractivity contribution >= 4 is 52.9 Å². The van der Waals surface area contributed by atoms with Crippen molar-refractivity contribution in [1.29, 1.82) is 0 Å². The van der Waals surface area contributed by atoms with Crippen LogP contribution in [0, 0.1) is 0 Å². The van der Waals surface area contributed by atoms with Crippen LogP contribution in [0.3, 0.4) is 0 Å². The molecule has 0 aliphatic heterocycles. The lowest BCUT2D eigenvalue weighted by Gasteiger charge is -2.10. The Morgan fingerprint density at radius 3 is 2.83 bits per heavy atom.